The maximum atomic E-state index is 14.1. The fourth-order valence-corrected chi connectivity index (χ4v) is 3.10. The lowest BCUT2D eigenvalue weighted by Crippen LogP contribution is -2.12. The maximum Gasteiger partial charge on any atom is 0.140 e. The van der Waals surface area contributed by atoms with Crippen LogP contribution in [0.25, 0.3) is 0 Å². The number of rotatable bonds is 5. The molecule has 2 rings (SSSR count). The van der Waals surface area contributed by atoms with Crippen LogP contribution in [0.1, 0.15) is 12.5 Å². The van der Waals surface area contributed by atoms with Gasteiger partial charge in [0.2, 0.25) is 0 Å². The second-order valence-electron chi connectivity index (χ2n) is 4.35. The van der Waals surface area contributed by atoms with E-state index in [9.17, 15) is 8.78 Å². The van der Waals surface area contributed by atoms with Crippen LogP contribution in [-0.4, -0.2) is 6.54 Å². The Balaban J connectivity index is 2.30. The number of hydrogen-bond acceptors (Lipinski definition) is 2. The van der Waals surface area contributed by atoms with E-state index >= 15 is 0 Å². The minimum Gasteiger partial charge on any atom is -0.313 e. The summed E-state index contributed by atoms with van der Waals surface area (Å²) in [5, 5.41) is 3.89. The van der Waals surface area contributed by atoms with Crippen LogP contribution >= 0.6 is 35.0 Å². The fraction of sp³-hybridized carbons (Fsp3) is 0.200. The molecule has 2 aromatic rings. The van der Waals surface area contributed by atoms with Gasteiger partial charge in [-0.1, -0.05) is 41.9 Å². The van der Waals surface area contributed by atoms with Crippen molar-refractivity contribution in [3.05, 3.63) is 57.6 Å². The molecule has 21 heavy (non-hydrogen) atoms. The van der Waals surface area contributed by atoms with Gasteiger partial charge in [-0.3, -0.25) is 0 Å². The summed E-state index contributed by atoms with van der Waals surface area (Å²) in [6.45, 7) is 3.09. The summed E-state index contributed by atoms with van der Waals surface area (Å²) in [5.74, 6) is -1.21. The van der Waals surface area contributed by atoms with Crippen molar-refractivity contribution in [3.8, 4) is 0 Å². The number of hydrogen-bond donors (Lipinski definition) is 1. The predicted molar refractivity (Wildman–Crippen MR) is 84.3 cm³/mol. The Morgan fingerprint density at radius 3 is 2.38 bits per heavy atom. The largest absolute Gasteiger partial charge is 0.313 e. The third kappa shape index (κ3) is 4.33. The molecule has 112 valence electrons. The Bertz CT molecular complexity index is 627. The maximum absolute atomic E-state index is 14.1. The molecule has 0 saturated heterocycles. The molecule has 0 heterocycles. The van der Waals surface area contributed by atoms with Crippen LogP contribution in [0.4, 0.5) is 8.78 Å². The van der Waals surface area contributed by atoms with Gasteiger partial charge in [0, 0.05) is 16.5 Å². The highest BCUT2D eigenvalue weighted by molar-refractivity contribution is 7.99. The van der Waals surface area contributed by atoms with Crippen LogP contribution in [0.3, 0.4) is 0 Å². The SMILES string of the molecule is CCNCc1cc(F)c(Sc2cc(Cl)ccc2Cl)c(F)c1. The summed E-state index contributed by atoms with van der Waals surface area (Å²) in [7, 11) is 0. The normalized spacial score (nSPS) is 10.9. The van der Waals surface area contributed by atoms with Gasteiger partial charge in [0.15, 0.2) is 0 Å². The molecular formula is C15H13Cl2F2NS. The fourth-order valence-electron chi connectivity index (χ4n) is 1.75. The molecule has 0 bridgehead atoms. The highest BCUT2D eigenvalue weighted by Crippen LogP contribution is 2.37. The van der Waals surface area contributed by atoms with Gasteiger partial charge >= 0.3 is 0 Å². The molecule has 6 heteroatoms. The quantitative estimate of drug-likeness (QED) is 0.762. The molecule has 0 amide bonds. The average Bonchev–Trinajstić information content (AvgIpc) is 2.44. The summed E-state index contributed by atoms with van der Waals surface area (Å²) in [4.78, 5) is 0.431. The van der Waals surface area contributed by atoms with E-state index in [0.29, 0.717) is 27.0 Å². The van der Waals surface area contributed by atoms with Gasteiger partial charge < -0.3 is 5.32 Å². The van der Waals surface area contributed by atoms with Gasteiger partial charge in [-0.2, -0.15) is 0 Å². The topological polar surface area (TPSA) is 12.0 Å². The van der Waals surface area contributed by atoms with Crippen molar-refractivity contribution in [3.63, 3.8) is 0 Å². The lowest BCUT2D eigenvalue weighted by Gasteiger charge is -2.09. The zero-order valence-electron chi connectivity index (χ0n) is 11.2. The van der Waals surface area contributed by atoms with Crippen molar-refractivity contribution < 1.29 is 8.78 Å². The minimum absolute atomic E-state index is 0.0839. The number of benzene rings is 2. The molecule has 0 aliphatic carbocycles. The molecule has 0 saturated carbocycles. The highest BCUT2D eigenvalue weighted by atomic mass is 35.5. The zero-order valence-corrected chi connectivity index (χ0v) is 13.5. The Hall–Kier alpha value is -0.810. The van der Waals surface area contributed by atoms with Crippen LogP contribution < -0.4 is 5.32 Å². The third-order valence-corrected chi connectivity index (χ3v) is 4.57. The molecule has 0 aliphatic heterocycles. The molecular weight excluding hydrogens is 335 g/mol. The van der Waals surface area contributed by atoms with E-state index in [2.05, 4.69) is 5.32 Å². The lowest BCUT2D eigenvalue weighted by molar-refractivity contribution is 0.535. The standard InChI is InChI=1S/C15H13Cl2F2NS/c1-2-20-8-9-5-12(18)15(13(19)6-9)21-14-7-10(16)3-4-11(14)17/h3-7,20H,2,8H2,1H3. The summed E-state index contributed by atoms with van der Waals surface area (Å²) in [6.07, 6.45) is 0. The zero-order chi connectivity index (χ0) is 15.4. The number of nitrogens with one attached hydrogen (secondary N) is 1. The molecule has 1 nitrogen and oxygen atoms in total. The van der Waals surface area contributed by atoms with E-state index in [0.717, 1.165) is 18.3 Å². The third-order valence-electron chi connectivity index (χ3n) is 2.74. The smallest absolute Gasteiger partial charge is 0.140 e. The summed E-state index contributed by atoms with van der Waals surface area (Å²) < 4.78 is 28.2. The first-order valence-corrected chi connectivity index (χ1v) is 7.90. The number of halogens is 4. The molecule has 0 fully saturated rings. The van der Waals surface area contributed by atoms with E-state index in [1.807, 2.05) is 6.92 Å². The van der Waals surface area contributed by atoms with Crippen molar-refractivity contribution in [2.75, 3.05) is 6.54 Å². The van der Waals surface area contributed by atoms with E-state index in [4.69, 9.17) is 23.2 Å². The van der Waals surface area contributed by atoms with E-state index in [1.165, 1.54) is 12.1 Å². The predicted octanol–water partition coefficient (Wildman–Crippen LogP) is 5.53. The second-order valence-corrected chi connectivity index (χ2v) is 6.24. The first-order valence-electron chi connectivity index (χ1n) is 6.32. The first-order chi connectivity index (χ1) is 10.0. The summed E-state index contributed by atoms with van der Waals surface area (Å²) in [5.41, 5.74) is 0.563. The highest BCUT2D eigenvalue weighted by Gasteiger charge is 2.14. The first kappa shape index (κ1) is 16.6. The van der Waals surface area contributed by atoms with Gasteiger partial charge in [-0.25, -0.2) is 8.78 Å². The van der Waals surface area contributed by atoms with Gasteiger partial charge in [0.05, 0.1) is 9.92 Å². The molecule has 0 aliphatic rings. The van der Waals surface area contributed by atoms with E-state index < -0.39 is 11.6 Å². The lowest BCUT2D eigenvalue weighted by atomic mass is 10.2. The Labute approximate surface area is 136 Å². The van der Waals surface area contributed by atoms with Gasteiger partial charge in [0.25, 0.3) is 0 Å². The average molecular weight is 348 g/mol. The van der Waals surface area contributed by atoms with E-state index in [-0.39, 0.29) is 4.90 Å². The Kier molecular flexibility index (Phi) is 5.88. The van der Waals surface area contributed by atoms with Crippen LogP contribution in [0.15, 0.2) is 40.1 Å². The van der Waals surface area contributed by atoms with Gasteiger partial charge in [0.1, 0.15) is 11.6 Å². The minimum atomic E-state index is -0.607. The van der Waals surface area contributed by atoms with Crippen molar-refractivity contribution >= 4 is 35.0 Å². The second kappa shape index (κ2) is 7.45. The molecule has 0 unspecified atom stereocenters. The van der Waals surface area contributed by atoms with Crippen molar-refractivity contribution in [1.29, 1.82) is 0 Å². The van der Waals surface area contributed by atoms with E-state index in [1.54, 1.807) is 18.2 Å². The molecule has 0 atom stereocenters. The van der Waals surface area contributed by atoms with Crippen molar-refractivity contribution in [2.45, 2.75) is 23.3 Å². The van der Waals surface area contributed by atoms with Crippen molar-refractivity contribution in [1.82, 2.24) is 5.32 Å². The monoisotopic (exact) mass is 347 g/mol. The van der Waals surface area contributed by atoms with Gasteiger partial charge in [-0.05, 0) is 42.4 Å². The van der Waals surface area contributed by atoms with Crippen LogP contribution in [0.5, 0.6) is 0 Å². The van der Waals surface area contributed by atoms with Crippen LogP contribution in [0.2, 0.25) is 10.0 Å². The Morgan fingerprint density at radius 1 is 1.10 bits per heavy atom. The summed E-state index contributed by atoms with van der Waals surface area (Å²) >= 11 is 12.8. The van der Waals surface area contributed by atoms with Gasteiger partial charge in [-0.15, -0.1) is 0 Å². The van der Waals surface area contributed by atoms with Crippen LogP contribution in [-0.2, 0) is 6.54 Å². The molecule has 0 spiro atoms. The molecule has 2 aromatic carbocycles. The van der Waals surface area contributed by atoms with Crippen molar-refractivity contribution in [2.24, 2.45) is 0 Å². The molecule has 1 N–H and O–H groups in total. The Morgan fingerprint density at radius 2 is 1.76 bits per heavy atom. The molecule has 0 radical (unpaired) electrons. The van der Waals surface area contributed by atoms with Crippen LogP contribution in [0, 0.1) is 11.6 Å². The summed E-state index contributed by atoms with van der Waals surface area (Å²) in [6, 6.07) is 7.46. The molecule has 0 aromatic heterocycles.